The first-order valence-corrected chi connectivity index (χ1v) is 7.70. The third kappa shape index (κ3) is 4.75. The fourth-order valence-electron chi connectivity index (χ4n) is 2.15. The normalized spacial score (nSPS) is 11.9. The summed E-state index contributed by atoms with van der Waals surface area (Å²) in [6.45, 7) is 5.26. The van der Waals surface area contributed by atoms with Gasteiger partial charge in [0.1, 0.15) is 17.9 Å². The largest absolute Gasteiger partial charge is 0.489 e. The van der Waals surface area contributed by atoms with E-state index in [1.165, 1.54) is 18.5 Å². The molecule has 2 amide bonds. The lowest BCUT2D eigenvalue weighted by atomic mass is 10.2. The maximum Gasteiger partial charge on any atom is 0.313 e. The molecule has 0 aliphatic carbocycles. The van der Waals surface area contributed by atoms with Gasteiger partial charge in [0.15, 0.2) is 5.82 Å². The van der Waals surface area contributed by atoms with Gasteiger partial charge in [0.05, 0.1) is 17.8 Å². The molecule has 134 valence electrons. The summed E-state index contributed by atoms with van der Waals surface area (Å²) in [5.74, 6) is -1.60. The molecule has 1 atom stereocenters. The molecule has 0 unspecified atom stereocenters. The van der Waals surface area contributed by atoms with E-state index in [2.05, 4.69) is 20.8 Å². The smallest absolute Gasteiger partial charge is 0.313 e. The van der Waals surface area contributed by atoms with Crippen LogP contribution in [0.1, 0.15) is 32.6 Å². The number of benzene rings is 1. The SMILES string of the molecule is CC(C)Oc1ccc(F)cc1NC(=O)C(=O)N[C@H](C)c1nncn1C. The summed E-state index contributed by atoms with van der Waals surface area (Å²) < 4.78 is 20.6. The molecule has 0 radical (unpaired) electrons. The van der Waals surface area contributed by atoms with Gasteiger partial charge in [-0.05, 0) is 32.9 Å². The number of carbonyl (C=O) groups excluding carboxylic acids is 2. The molecule has 0 spiro atoms. The summed E-state index contributed by atoms with van der Waals surface area (Å²) in [6.07, 6.45) is 1.31. The van der Waals surface area contributed by atoms with Crippen LogP contribution >= 0.6 is 0 Å². The Bertz CT molecular complexity index is 775. The van der Waals surface area contributed by atoms with Crippen molar-refractivity contribution >= 4 is 17.5 Å². The van der Waals surface area contributed by atoms with Crippen molar-refractivity contribution in [3.05, 3.63) is 36.2 Å². The standard InChI is InChI=1S/C16H20FN5O3/c1-9(2)25-13-6-5-11(17)7-12(13)20-16(24)15(23)19-10(3)14-21-18-8-22(14)4/h5-10H,1-4H3,(H,19,23)(H,20,24)/t10-/m1/s1. The third-order valence-corrected chi connectivity index (χ3v) is 3.24. The number of carbonyl (C=O) groups is 2. The number of anilines is 1. The van der Waals surface area contributed by atoms with Crippen molar-refractivity contribution in [2.24, 2.45) is 7.05 Å². The van der Waals surface area contributed by atoms with Crippen LogP contribution in [-0.2, 0) is 16.6 Å². The van der Waals surface area contributed by atoms with Crippen LogP contribution in [0.25, 0.3) is 0 Å². The summed E-state index contributed by atoms with van der Waals surface area (Å²) in [4.78, 5) is 24.2. The molecule has 2 aromatic rings. The first kappa shape index (κ1) is 18.4. The Morgan fingerprint density at radius 2 is 1.96 bits per heavy atom. The van der Waals surface area contributed by atoms with Gasteiger partial charge >= 0.3 is 11.8 Å². The molecular formula is C16H20FN5O3. The second kappa shape index (κ2) is 7.73. The molecule has 0 aliphatic heterocycles. The molecule has 9 heteroatoms. The number of rotatable bonds is 5. The number of aryl methyl sites for hydroxylation is 1. The number of hydrogen-bond acceptors (Lipinski definition) is 5. The molecule has 1 aromatic carbocycles. The second-order valence-electron chi connectivity index (χ2n) is 5.76. The van der Waals surface area contributed by atoms with E-state index in [-0.39, 0.29) is 17.5 Å². The van der Waals surface area contributed by atoms with Crippen LogP contribution < -0.4 is 15.4 Å². The van der Waals surface area contributed by atoms with Crippen LogP contribution in [-0.4, -0.2) is 32.7 Å². The van der Waals surface area contributed by atoms with Gasteiger partial charge in [-0.1, -0.05) is 0 Å². The van der Waals surface area contributed by atoms with E-state index in [1.807, 2.05) is 0 Å². The summed E-state index contributed by atoms with van der Waals surface area (Å²) in [5.41, 5.74) is 0.0835. The van der Waals surface area contributed by atoms with Crippen molar-refractivity contribution in [1.29, 1.82) is 0 Å². The van der Waals surface area contributed by atoms with Gasteiger partial charge in [0.2, 0.25) is 0 Å². The number of hydrogen-bond donors (Lipinski definition) is 2. The van der Waals surface area contributed by atoms with E-state index in [0.717, 1.165) is 6.07 Å². The molecule has 1 aromatic heterocycles. The molecule has 2 N–H and O–H groups in total. The zero-order valence-electron chi connectivity index (χ0n) is 14.4. The van der Waals surface area contributed by atoms with Gasteiger partial charge in [-0.2, -0.15) is 0 Å². The first-order chi connectivity index (χ1) is 11.8. The number of nitrogens with zero attached hydrogens (tertiary/aromatic N) is 3. The fraction of sp³-hybridized carbons (Fsp3) is 0.375. The monoisotopic (exact) mass is 349 g/mol. The molecule has 0 aliphatic rings. The predicted molar refractivity (Wildman–Crippen MR) is 88.4 cm³/mol. The average Bonchev–Trinajstić information content (AvgIpc) is 2.95. The third-order valence-electron chi connectivity index (χ3n) is 3.24. The topological polar surface area (TPSA) is 98.1 Å². The van der Waals surface area contributed by atoms with Gasteiger partial charge in [-0.15, -0.1) is 10.2 Å². The van der Waals surface area contributed by atoms with Crippen LogP contribution in [0.2, 0.25) is 0 Å². The van der Waals surface area contributed by atoms with Crippen LogP contribution in [0.5, 0.6) is 5.75 Å². The van der Waals surface area contributed by atoms with Crippen molar-refractivity contribution in [1.82, 2.24) is 20.1 Å². The Balaban J connectivity index is 2.07. The quantitative estimate of drug-likeness (QED) is 0.798. The van der Waals surface area contributed by atoms with Gasteiger partial charge in [0.25, 0.3) is 0 Å². The highest BCUT2D eigenvalue weighted by Gasteiger charge is 2.21. The summed E-state index contributed by atoms with van der Waals surface area (Å²) in [7, 11) is 1.72. The Morgan fingerprint density at radius 3 is 2.56 bits per heavy atom. The summed E-state index contributed by atoms with van der Waals surface area (Å²) in [5, 5.41) is 12.5. The zero-order valence-corrected chi connectivity index (χ0v) is 14.4. The predicted octanol–water partition coefficient (Wildman–Crippen LogP) is 1.56. The van der Waals surface area contributed by atoms with Crippen LogP contribution in [0, 0.1) is 5.82 Å². The van der Waals surface area contributed by atoms with Gasteiger partial charge in [-0.25, -0.2) is 4.39 Å². The highest BCUT2D eigenvalue weighted by atomic mass is 19.1. The van der Waals surface area contributed by atoms with E-state index in [9.17, 15) is 14.0 Å². The van der Waals surface area contributed by atoms with E-state index < -0.39 is 23.7 Å². The molecule has 1 heterocycles. The van der Waals surface area contributed by atoms with E-state index >= 15 is 0 Å². The lowest BCUT2D eigenvalue weighted by Gasteiger charge is -2.16. The van der Waals surface area contributed by atoms with Crippen molar-refractivity contribution in [3.63, 3.8) is 0 Å². The van der Waals surface area contributed by atoms with Gasteiger partial charge < -0.3 is 19.9 Å². The fourth-order valence-corrected chi connectivity index (χ4v) is 2.15. The van der Waals surface area contributed by atoms with Gasteiger partial charge in [0, 0.05) is 13.1 Å². The second-order valence-corrected chi connectivity index (χ2v) is 5.76. The molecule has 0 saturated carbocycles. The van der Waals surface area contributed by atoms with Crippen molar-refractivity contribution in [2.75, 3.05) is 5.32 Å². The lowest BCUT2D eigenvalue weighted by molar-refractivity contribution is -0.136. The number of aromatic nitrogens is 3. The van der Waals surface area contributed by atoms with Crippen molar-refractivity contribution in [3.8, 4) is 5.75 Å². The number of nitrogens with one attached hydrogen (secondary N) is 2. The minimum atomic E-state index is -0.937. The maximum absolute atomic E-state index is 13.5. The average molecular weight is 349 g/mol. The van der Waals surface area contributed by atoms with Crippen LogP contribution in [0.3, 0.4) is 0 Å². The summed E-state index contributed by atoms with van der Waals surface area (Å²) in [6, 6.07) is 3.17. The molecule has 8 nitrogen and oxygen atoms in total. The van der Waals surface area contributed by atoms with E-state index in [4.69, 9.17) is 4.74 Å². The zero-order chi connectivity index (χ0) is 18.6. The molecule has 0 saturated heterocycles. The van der Waals surface area contributed by atoms with Crippen LogP contribution in [0.15, 0.2) is 24.5 Å². The Kier molecular flexibility index (Phi) is 5.68. The molecule has 25 heavy (non-hydrogen) atoms. The Morgan fingerprint density at radius 1 is 1.24 bits per heavy atom. The highest BCUT2D eigenvalue weighted by Crippen LogP contribution is 2.26. The van der Waals surface area contributed by atoms with E-state index in [1.54, 1.807) is 32.4 Å². The maximum atomic E-state index is 13.5. The van der Waals surface area contributed by atoms with Gasteiger partial charge in [-0.3, -0.25) is 9.59 Å². The van der Waals surface area contributed by atoms with Crippen molar-refractivity contribution < 1.29 is 18.7 Å². The van der Waals surface area contributed by atoms with Crippen molar-refractivity contribution in [2.45, 2.75) is 32.9 Å². The van der Waals surface area contributed by atoms with E-state index in [0.29, 0.717) is 5.82 Å². The number of halogens is 1. The number of amides is 2. The molecule has 0 bridgehead atoms. The summed E-state index contributed by atoms with van der Waals surface area (Å²) >= 11 is 0. The molecule has 2 rings (SSSR count). The highest BCUT2D eigenvalue weighted by molar-refractivity contribution is 6.39. The Labute approximate surface area is 144 Å². The minimum absolute atomic E-state index is 0.0835. The van der Waals surface area contributed by atoms with Crippen LogP contribution in [0.4, 0.5) is 10.1 Å². The first-order valence-electron chi connectivity index (χ1n) is 7.70. The molecule has 0 fully saturated rings. The number of ether oxygens (including phenoxy) is 1. The molecular weight excluding hydrogens is 329 g/mol. The Hall–Kier alpha value is -2.97. The lowest BCUT2D eigenvalue weighted by Crippen LogP contribution is -2.37. The minimum Gasteiger partial charge on any atom is -0.489 e.